The maximum absolute atomic E-state index is 10.8. The maximum atomic E-state index is 10.8. The van der Waals surface area contributed by atoms with Gasteiger partial charge < -0.3 is 10.4 Å². The summed E-state index contributed by atoms with van der Waals surface area (Å²) in [6, 6.07) is 6.56. The molecule has 0 spiro atoms. The molecule has 2 fully saturated rings. The Morgan fingerprint density at radius 1 is 1.22 bits per heavy atom. The van der Waals surface area contributed by atoms with Gasteiger partial charge in [0.25, 0.3) is 0 Å². The molecule has 98 valence electrons. The third-order valence-corrected chi connectivity index (χ3v) is 5.00. The van der Waals surface area contributed by atoms with Crippen LogP contribution in [0.2, 0.25) is 10.0 Å². The first-order chi connectivity index (χ1) is 8.56. The number of nitrogens with one attached hydrogen (secondary N) is 1. The van der Waals surface area contributed by atoms with E-state index in [9.17, 15) is 5.11 Å². The van der Waals surface area contributed by atoms with Crippen LogP contribution in [0.4, 0.5) is 0 Å². The number of rotatable bonds is 2. The molecule has 0 amide bonds. The molecular weight excluding hydrogens is 269 g/mol. The number of benzene rings is 1. The van der Waals surface area contributed by atoms with E-state index in [2.05, 4.69) is 5.32 Å². The van der Waals surface area contributed by atoms with Crippen molar-refractivity contribution in [2.45, 2.75) is 49.8 Å². The van der Waals surface area contributed by atoms with Gasteiger partial charge in [-0.05, 0) is 37.3 Å². The molecule has 2 atom stereocenters. The van der Waals surface area contributed by atoms with Crippen LogP contribution in [0, 0.1) is 0 Å². The summed E-state index contributed by atoms with van der Waals surface area (Å²) in [5.74, 6) is 0. The van der Waals surface area contributed by atoms with E-state index in [1.807, 2.05) is 12.1 Å². The van der Waals surface area contributed by atoms with E-state index in [1.165, 1.54) is 12.8 Å². The highest BCUT2D eigenvalue weighted by Gasteiger charge is 2.42. The van der Waals surface area contributed by atoms with Gasteiger partial charge >= 0.3 is 0 Å². The smallest absolute Gasteiger partial charge is 0.0718 e. The van der Waals surface area contributed by atoms with E-state index in [0.717, 1.165) is 18.4 Å². The first kappa shape index (κ1) is 12.7. The Morgan fingerprint density at radius 2 is 1.89 bits per heavy atom. The topological polar surface area (TPSA) is 32.3 Å². The molecular formula is C14H17Cl2NO. The van der Waals surface area contributed by atoms with Gasteiger partial charge in [0.05, 0.1) is 15.6 Å². The number of hydrogen-bond acceptors (Lipinski definition) is 2. The average Bonchev–Trinajstić information content (AvgIpc) is 2.65. The fourth-order valence-corrected chi connectivity index (χ4v) is 3.80. The van der Waals surface area contributed by atoms with Gasteiger partial charge in [0, 0.05) is 18.5 Å². The van der Waals surface area contributed by atoms with Crippen molar-refractivity contribution in [3.8, 4) is 0 Å². The third kappa shape index (κ3) is 2.39. The summed E-state index contributed by atoms with van der Waals surface area (Å²) in [4.78, 5) is 0. The Balaban J connectivity index is 1.81. The molecule has 0 aromatic heterocycles. The number of aliphatic hydroxyl groups is 1. The lowest BCUT2D eigenvalue weighted by Crippen LogP contribution is -2.49. The van der Waals surface area contributed by atoms with E-state index in [4.69, 9.17) is 23.2 Å². The van der Waals surface area contributed by atoms with Gasteiger partial charge in [0.2, 0.25) is 0 Å². The van der Waals surface area contributed by atoms with E-state index >= 15 is 0 Å². The summed E-state index contributed by atoms with van der Waals surface area (Å²) in [5.41, 5.74) is 0.318. The Hall–Kier alpha value is -0.280. The van der Waals surface area contributed by atoms with Crippen molar-refractivity contribution < 1.29 is 5.11 Å². The van der Waals surface area contributed by atoms with Gasteiger partial charge in [0.1, 0.15) is 0 Å². The molecule has 3 rings (SSSR count). The van der Waals surface area contributed by atoms with E-state index in [0.29, 0.717) is 28.5 Å². The molecule has 2 nitrogen and oxygen atoms in total. The van der Waals surface area contributed by atoms with Gasteiger partial charge in [-0.1, -0.05) is 35.3 Å². The van der Waals surface area contributed by atoms with Crippen molar-refractivity contribution in [1.29, 1.82) is 0 Å². The predicted octanol–water partition coefficient (Wildman–Crippen LogP) is 3.18. The third-order valence-electron chi connectivity index (χ3n) is 4.14. The van der Waals surface area contributed by atoms with Crippen molar-refractivity contribution in [2.24, 2.45) is 0 Å². The minimum atomic E-state index is -0.634. The molecule has 0 aliphatic carbocycles. The van der Waals surface area contributed by atoms with Crippen molar-refractivity contribution in [2.75, 3.05) is 0 Å². The lowest BCUT2D eigenvalue weighted by molar-refractivity contribution is -0.00606. The summed E-state index contributed by atoms with van der Waals surface area (Å²) in [6.07, 6.45) is 4.58. The number of hydrogen-bond donors (Lipinski definition) is 2. The van der Waals surface area contributed by atoms with Gasteiger partial charge in [0.15, 0.2) is 0 Å². The molecule has 2 N–H and O–H groups in total. The average molecular weight is 286 g/mol. The minimum absolute atomic E-state index is 0.465. The van der Waals surface area contributed by atoms with Crippen LogP contribution in [-0.2, 0) is 6.42 Å². The van der Waals surface area contributed by atoms with Gasteiger partial charge in [-0.2, -0.15) is 0 Å². The Labute approximate surface area is 117 Å². The molecule has 4 heteroatoms. The number of piperidine rings is 1. The zero-order valence-electron chi connectivity index (χ0n) is 10.1. The Bertz CT molecular complexity index is 451. The Kier molecular flexibility index (Phi) is 3.31. The van der Waals surface area contributed by atoms with E-state index in [-0.39, 0.29) is 0 Å². The highest BCUT2D eigenvalue weighted by molar-refractivity contribution is 6.42. The van der Waals surface area contributed by atoms with Crippen molar-refractivity contribution >= 4 is 23.2 Å². The molecule has 2 heterocycles. The standard InChI is InChI=1S/C14H17Cl2NO/c15-12-3-1-2-9(13(12)16)6-14(18)7-10-4-5-11(8-14)17-10/h1-3,10-11,17-18H,4-8H2. The maximum Gasteiger partial charge on any atom is 0.0718 e. The van der Waals surface area contributed by atoms with Gasteiger partial charge in [-0.15, -0.1) is 0 Å². The summed E-state index contributed by atoms with van der Waals surface area (Å²) in [6.45, 7) is 0. The molecule has 18 heavy (non-hydrogen) atoms. The molecule has 0 saturated carbocycles. The molecule has 2 bridgehead atoms. The van der Waals surface area contributed by atoms with Crippen LogP contribution in [-0.4, -0.2) is 22.8 Å². The molecule has 1 aromatic carbocycles. The summed E-state index contributed by atoms with van der Waals surface area (Å²) < 4.78 is 0. The zero-order valence-corrected chi connectivity index (χ0v) is 11.6. The number of fused-ring (bicyclic) bond motifs is 2. The summed E-state index contributed by atoms with van der Waals surface area (Å²) >= 11 is 12.2. The predicted molar refractivity (Wildman–Crippen MR) is 74.3 cm³/mol. The lowest BCUT2D eigenvalue weighted by atomic mass is 9.82. The van der Waals surface area contributed by atoms with Crippen LogP contribution in [0.3, 0.4) is 0 Å². The first-order valence-corrected chi connectivity index (χ1v) is 7.23. The van der Waals surface area contributed by atoms with Crippen LogP contribution in [0.25, 0.3) is 0 Å². The summed E-state index contributed by atoms with van der Waals surface area (Å²) in [7, 11) is 0. The number of halogens is 2. The molecule has 2 aliphatic heterocycles. The molecule has 2 aliphatic rings. The van der Waals surface area contributed by atoms with E-state index < -0.39 is 5.60 Å². The van der Waals surface area contributed by atoms with Crippen LogP contribution < -0.4 is 5.32 Å². The van der Waals surface area contributed by atoms with Gasteiger partial charge in [-0.25, -0.2) is 0 Å². The minimum Gasteiger partial charge on any atom is -0.389 e. The monoisotopic (exact) mass is 285 g/mol. The first-order valence-electron chi connectivity index (χ1n) is 6.47. The quantitative estimate of drug-likeness (QED) is 0.875. The fourth-order valence-electron chi connectivity index (χ4n) is 3.41. The van der Waals surface area contributed by atoms with Crippen molar-refractivity contribution in [3.63, 3.8) is 0 Å². The Morgan fingerprint density at radius 3 is 2.56 bits per heavy atom. The van der Waals surface area contributed by atoms with Crippen LogP contribution >= 0.6 is 23.2 Å². The van der Waals surface area contributed by atoms with Crippen molar-refractivity contribution in [3.05, 3.63) is 33.8 Å². The van der Waals surface area contributed by atoms with Crippen LogP contribution in [0.5, 0.6) is 0 Å². The highest BCUT2D eigenvalue weighted by atomic mass is 35.5. The normalized spacial score (nSPS) is 34.8. The zero-order chi connectivity index (χ0) is 12.8. The molecule has 2 unspecified atom stereocenters. The van der Waals surface area contributed by atoms with Crippen LogP contribution in [0.1, 0.15) is 31.2 Å². The van der Waals surface area contributed by atoms with Crippen LogP contribution in [0.15, 0.2) is 18.2 Å². The van der Waals surface area contributed by atoms with Crippen molar-refractivity contribution in [1.82, 2.24) is 5.32 Å². The fraction of sp³-hybridized carbons (Fsp3) is 0.571. The van der Waals surface area contributed by atoms with E-state index in [1.54, 1.807) is 6.07 Å². The molecule has 0 radical (unpaired) electrons. The summed E-state index contributed by atoms with van der Waals surface area (Å²) in [5, 5.41) is 15.5. The second-order valence-electron chi connectivity index (χ2n) is 5.66. The molecule has 2 saturated heterocycles. The largest absolute Gasteiger partial charge is 0.389 e. The lowest BCUT2D eigenvalue weighted by Gasteiger charge is -2.37. The second kappa shape index (κ2) is 4.68. The SMILES string of the molecule is OC1(Cc2cccc(Cl)c2Cl)CC2CCC(C1)N2. The molecule has 1 aromatic rings. The van der Waals surface area contributed by atoms with Gasteiger partial charge in [-0.3, -0.25) is 0 Å². The highest BCUT2D eigenvalue weighted by Crippen LogP contribution is 2.38. The second-order valence-corrected chi connectivity index (χ2v) is 6.45.